The first kappa shape index (κ1) is 18.7. The van der Waals surface area contributed by atoms with E-state index in [1.807, 2.05) is 43.3 Å². The van der Waals surface area contributed by atoms with Crippen molar-refractivity contribution in [3.8, 4) is 0 Å². The van der Waals surface area contributed by atoms with Gasteiger partial charge in [0.15, 0.2) is 0 Å². The molecule has 1 atom stereocenters. The van der Waals surface area contributed by atoms with E-state index in [9.17, 15) is 9.59 Å². The third-order valence-electron chi connectivity index (χ3n) is 3.90. The van der Waals surface area contributed by atoms with Gasteiger partial charge in [0, 0.05) is 15.1 Å². The first-order valence-electron chi connectivity index (χ1n) is 7.95. The quantitative estimate of drug-likeness (QED) is 0.638. The lowest BCUT2D eigenvalue weighted by Gasteiger charge is -2.14. The van der Waals surface area contributed by atoms with E-state index in [-0.39, 0.29) is 24.4 Å². The molecule has 0 radical (unpaired) electrons. The summed E-state index contributed by atoms with van der Waals surface area (Å²) in [6, 6.07) is 14.6. The molecular weight excluding hydrogens is 391 g/mol. The van der Waals surface area contributed by atoms with Gasteiger partial charge in [-0.05, 0) is 30.7 Å². The third kappa shape index (κ3) is 4.18. The second kappa shape index (κ2) is 8.08. The van der Waals surface area contributed by atoms with Gasteiger partial charge in [-0.2, -0.15) is 0 Å². The van der Waals surface area contributed by atoms with Crippen molar-refractivity contribution in [1.82, 2.24) is 10.6 Å². The van der Waals surface area contributed by atoms with Crippen LogP contribution in [0.4, 0.5) is 0 Å². The van der Waals surface area contributed by atoms with Gasteiger partial charge in [0.05, 0.1) is 17.6 Å². The minimum atomic E-state index is -0.356. The van der Waals surface area contributed by atoms with Gasteiger partial charge in [0.25, 0.3) is 5.91 Å². The van der Waals surface area contributed by atoms with Crippen molar-refractivity contribution in [3.05, 3.63) is 69.0 Å². The van der Waals surface area contributed by atoms with Gasteiger partial charge in [-0.1, -0.05) is 53.5 Å². The van der Waals surface area contributed by atoms with Crippen molar-refractivity contribution in [2.45, 2.75) is 13.0 Å². The van der Waals surface area contributed by atoms with Crippen molar-refractivity contribution < 1.29 is 9.59 Å². The second-order valence-corrected chi connectivity index (χ2v) is 7.63. The highest BCUT2D eigenvalue weighted by atomic mass is 35.5. The van der Waals surface area contributed by atoms with Gasteiger partial charge >= 0.3 is 0 Å². The monoisotopic (exact) mass is 406 g/mol. The number of rotatable bonds is 5. The number of amides is 2. The molecule has 2 aromatic carbocycles. The Bertz CT molecular complexity index is 954. The maximum atomic E-state index is 12.4. The van der Waals surface area contributed by atoms with E-state index in [1.165, 1.54) is 11.3 Å². The fourth-order valence-corrected chi connectivity index (χ4v) is 4.09. The van der Waals surface area contributed by atoms with Gasteiger partial charge in [0.2, 0.25) is 5.91 Å². The van der Waals surface area contributed by atoms with E-state index in [0.717, 1.165) is 15.6 Å². The van der Waals surface area contributed by atoms with Crippen LogP contribution in [0.25, 0.3) is 10.1 Å². The Kier molecular flexibility index (Phi) is 5.81. The molecule has 0 fully saturated rings. The maximum Gasteiger partial charge on any atom is 0.263 e. The van der Waals surface area contributed by atoms with Crippen molar-refractivity contribution >= 4 is 56.4 Å². The van der Waals surface area contributed by atoms with Crippen molar-refractivity contribution in [1.29, 1.82) is 0 Å². The molecular formula is C19H16Cl2N2O2S. The molecule has 3 rings (SSSR count). The van der Waals surface area contributed by atoms with E-state index in [2.05, 4.69) is 10.6 Å². The zero-order valence-corrected chi connectivity index (χ0v) is 16.2. The maximum absolute atomic E-state index is 12.4. The molecule has 26 heavy (non-hydrogen) atoms. The Hall–Kier alpha value is -2.08. The number of thiophene rings is 1. The molecule has 0 aliphatic heterocycles. The lowest BCUT2D eigenvalue weighted by atomic mass is 10.1. The number of carbonyl (C=O) groups is 2. The molecule has 3 aromatic rings. The summed E-state index contributed by atoms with van der Waals surface area (Å²) in [5.41, 5.74) is 0.932. The number of hydrogen-bond donors (Lipinski definition) is 2. The van der Waals surface area contributed by atoms with Gasteiger partial charge < -0.3 is 10.6 Å². The summed E-state index contributed by atoms with van der Waals surface area (Å²) in [6.45, 7) is 1.74. The van der Waals surface area contributed by atoms with Crippen molar-refractivity contribution in [3.63, 3.8) is 0 Å². The van der Waals surface area contributed by atoms with Gasteiger partial charge in [-0.15, -0.1) is 11.3 Å². The Labute approximate surface area is 165 Å². The fraction of sp³-hybridized carbons (Fsp3) is 0.158. The Morgan fingerprint density at radius 1 is 1.08 bits per heavy atom. The smallest absolute Gasteiger partial charge is 0.263 e. The molecule has 1 heterocycles. The largest absolute Gasteiger partial charge is 0.348 e. The average molecular weight is 407 g/mol. The first-order chi connectivity index (χ1) is 12.5. The molecule has 0 aliphatic carbocycles. The topological polar surface area (TPSA) is 58.2 Å². The highest BCUT2D eigenvalue weighted by Gasteiger charge is 2.18. The molecule has 4 nitrogen and oxygen atoms in total. The van der Waals surface area contributed by atoms with Crippen LogP contribution in [0.15, 0.2) is 48.5 Å². The molecule has 1 aromatic heterocycles. The normalized spacial score (nSPS) is 12.0. The Balaban J connectivity index is 1.59. The lowest BCUT2D eigenvalue weighted by Crippen LogP contribution is -2.37. The van der Waals surface area contributed by atoms with E-state index in [1.54, 1.807) is 12.1 Å². The lowest BCUT2D eigenvalue weighted by molar-refractivity contribution is -0.120. The standard InChI is InChI=1S/C19H16Cl2N2O2S/c1-11(12-6-8-13(20)9-7-12)23-16(24)10-22-19(25)18-17(21)14-4-2-3-5-15(14)26-18/h2-9,11H,10H2,1H3,(H,22,25)(H,23,24)/t11-/m1/s1. The minimum Gasteiger partial charge on any atom is -0.348 e. The number of nitrogens with one attached hydrogen (secondary N) is 2. The summed E-state index contributed by atoms with van der Waals surface area (Å²) in [4.78, 5) is 24.9. The van der Waals surface area contributed by atoms with Crippen LogP contribution in [0.3, 0.4) is 0 Å². The van der Waals surface area contributed by atoms with Gasteiger partial charge in [-0.3, -0.25) is 9.59 Å². The molecule has 0 saturated heterocycles. The van der Waals surface area contributed by atoms with Gasteiger partial charge in [-0.25, -0.2) is 0 Å². The van der Waals surface area contributed by atoms with E-state index in [0.29, 0.717) is 14.9 Å². The molecule has 0 saturated carbocycles. The average Bonchev–Trinajstić information content (AvgIpc) is 2.97. The molecule has 0 bridgehead atoms. The summed E-state index contributed by atoms with van der Waals surface area (Å²) in [7, 11) is 0. The minimum absolute atomic E-state index is 0.124. The number of benzene rings is 2. The van der Waals surface area contributed by atoms with E-state index >= 15 is 0 Å². The number of halogens is 2. The molecule has 134 valence electrons. The molecule has 7 heteroatoms. The molecule has 0 spiro atoms. The molecule has 0 aliphatic rings. The Morgan fingerprint density at radius 3 is 2.46 bits per heavy atom. The molecule has 2 amide bonds. The second-order valence-electron chi connectivity index (χ2n) is 5.76. The van der Waals surface area contributed by atoms with Crippen LogP contribution in [-0.2, 0) is 4.79 Å². The third-order valence-corrected chi connectivity index (χ3v) is 5.82. The number of carbonyl (C=O) groups excluding carboxylic acids is 2. The Morgan fingerprint density at radius 2 is 1.77 bits per heavy atom. The van der Waals surface area contributed by atoms with Crippen LogP contribution < -0.4 is 10.6 Å². The SMILES string of the molecule is C[C@@H](NC(=O)CNC(=O)c1sc2ccccc2c1Cl)c1ccc(Cl)cc1. The summed E-state index contributed by atoms with van der Waals surface area (Å²) in [5.74, 6) is -0.636. The number of hydrogen-bond acceptors (Lipinski definition) is 3. The highest BCUT2D eigenvalue weighted by molar-refractivity contribution is 7.21. The van der Waals surface area contributed by atoms with E-state index < -0.39 is 0 Å². The van der Waals surface area contributed by atoms with Crippen LogP contribution in [0, 0.1) is 0 Å². The number of fused-ring (bicyclic) bond motifs is 1. The molecule has 2 N–H and O–H groups in total. The highest BCUT2D eigenvalue weighted by Crippen LogP contribution is 2.34. The van der Waals surface area contributed by atoms with Crippen LogP contribution in [0.1, 0.15) is 28.2 Å². The van der Waals surface area contributed by atoms with Gasteiger partial charge in [0.1, 0.15) is 4.88 Å². The zero-order valence-electron chi connectivity index (χ0n) is 13.9. The summed E-state index contributed by atoms with van der Waals surface area (Å²) in [5, 5.41) is 7.35. The predicted molar refractivity (Wildman–Crippen MR) is 107 cm³/mol. The zero-order chi connectivity index (χ0) is 18.7. The molecule has 0 unspecified atom stereocenters. The van der Waals surface area contributed by atoms with Crippen LogP contribution in [-0.4, -0.2) is 18.4 Å². The van der Waals surface area contributed by atoms with Crippen molar-refractivity contribution in [2.75, 3.05) is 6.54 Å². The van der Waals surface area contributed by atoms with Crippen LogP contribution in [0.5, 0.6) is 0 Å². The fourth-order valence-electron chi connectivity index (χ4n) is 2.53. The van der Waals surface area contributed by atoms with Crippen LogP contribution in [0.2, 0.25) is 10.0 Å². The summed E-state index contributed by atoms with van der Waals surface area (Å²) < 4.78 is 0.934. The summed E-state index contributed by atoms with van der Waals surface area (Å²) >= 11 is 13.5. The summed E-state index contributed by atoms with van der Waals surface area (Å²) in [6.07, 6.45) is 0. The van der Waals surface area contributed by atoms with E-state index in [4.69, 9.17) is 23.2 Å². The van der Waals surface area contributed by atoms with Crippen LogP contribution >= 0.6 is 34.5 Å². The van der Waals surface area contributed by atoms with Crippen molar-refractivity contribution in [2.24, 2.45) is 0 Å². The predicted octanol–water partition coefficient (Wildman–Crippen LogP) is 4.82. The first-order valence-corrected chi connectivity index (χ1v) is 9.53.